The van der Waals surface area contributed by atoms with Gasteiger partial charge in [-0.15, -0.1) is 0 Å². The molecule has 1 aromatic carbocycles. The molecule has 0 bridgehead atoms. The SMILES string of the molecule is C=N/C(=N\c1c(C)cc(-c2ccc(NS(=O)(=O)c3cccc(C#N)c3)nc2C)c(=O)n1C(C)C)N[C@H]1CC[C@H](N(C)C)CC1. The fourth-order valence-corrected chi connectivity index (χ4v) is 6.58. The van der Waals surface area contributed by atoms with Crippen LogP contribution in [-0.4, -0.2) is 61.7 Å². The summed E-state index contributed by atoms with van der Waals surface area (Å²) in [4.78, 5) is 29.5. The van der Waals surface area contributed by atoms with Crippen molar-refractivity contribution in [3.05, 3.63) is 69.6 Å². The van der Waals surface area contributed by atoms with E-state index in [0.717, 1.165) is 31.2 Å². The number of anilines is 1. The van der Waals surface area contributed by atoms with E-state index in [-0.39, 0.29) is 33.9 Å². The number of hydrogen-bond acceptors (Lipinski definition) is 7. The standard InChI is InChI=1S/C32H40N8O3S/c1-20(2)40-30(37-32(34-5)36-24-11-13-25(14-12-24)39(6)7)21(3)17-28(31(40)41)27-15-16-29(35-22(27)4)38-44(42,43)26-10-8-9-23(18-26)19-33/h8-10,15-18,20,24-25H,5,11-14H2,1-4,6-7H3,(H,35,38)(H,36,37)/t24-,25-. The summed E-state index contributed by atoms with van der Waals surface area (Å²) in [5.74, 6) is 0.987. The highest BCUT2D eigenvalue weighted by Crippen LogP contribution is 2.29. The van der Waals surface area contributed by atoms with Crippen molar-refractivity contribution in [2.75, 3.05) is 18.8 Å². The van der Waals surface area contributed by atoms with Crippen molar-refractivity contribution in [3.63, 3.8) is 0 Å². The molecule has 0 amide bonds. The summed E-state index contributed by atoms with van der Waals surface area (Å²) < 4.78 is 30.0. The molecular formula is C32H40N8O3S. The summed E-state index contributed by atoms with van der Waals surface area (Å²) >= 11 is 0. The molecule has 0 spiro atoms. The number of aryl methyl sites for hydroxylation is 2. The number of nitrogens with one attached hydrogen (secondary N) is 2. The predicted molar refractivity (Wildman–Crippen MR) is 175 cm³/mol. The largest absolute Gasteiger partial charge is 0.351 e. The molecule has 12 heteroatoms. The Morgan fingerprint density at radius 2 is 1.82 bits per heavy atom. The molecule has 2 heterocycles. The summed E-state index contributed by atoms with van der Waals surface area (Å²) in [5, 5.41) is 12.6. The lowest BCUT2D eigenvalue weighted by molar-refractivity contribution is 0.211. The predicted octanol–water partition coefficient (Wildman–Crippen LogP) is 4.93. The topological polar surface area (TPSA) is 145 Å². The minimum Gasteiger partial charge on any atom is -0.351 e. The fraction of sp³-hybridized carbons (Fsp3) is 0.406. The van der Waals surface area contributed by atoms with Gasteiger partial charge < -0.3 is 10.2 Å². The van der Waals surface area contributed by atoms with E-state index in [2.05, 4.69) is 45.7 Å². The van der Waals surface area contributed by atoms with Crippen LogP contribution in [0.5, 0.6) is 0 Å². The number of pyridine rings is 2. The molecule has 1 aliphatic carbocycles. The molecule has 3 aromatic rings. The van der Waals surface area contributed by atoms with Gasteiger partial charge in [-0.2, -0.15) is 10.3 Å². The molecule has 0 radical (unpaired) electrons. The molecule has 11 nitrogen and oxygen atoms in total. The van der Waals surface area contributed by atoms with Gasteiger partial charge >= 0.3 is 0 Å². The molecular weight excluding hydrogens is 576 g/mol. The first-order chi connectivity index (χ1) is 20.8. The second-order valence-corrected chi connectivity index (χ2v) is 13.3. The number of rotatable bonds is 8. The van der Waals surface area contributed by atoms with Crippen LogP contribution in [0.3, 0.4) is 0 Å². The van der Waals surface area contributed by atoms with Crippen molar-refractivity contribution < 1.29 is 8.42 Å². The molecule has 2 aromatic heterocycles. The molecule has 2 N–H and O–H groups in total. The number of benzene rings is 1. The average Bonchev–Trinajstić information content (AvgIpc) is 2.98. The van der Waals surface area contributed by atoms with Crippen LogP contribution in [0.2, 0.25) is 0 Å². The van der Waals surface area contributed by atoms with E-state index in [4.69, 9.17) is 10.3 Å². The summed E-state index contributed by atoms with van der Waals surface area (Å²) in [6.07, 6.45) is 4.16. The van der Waals surface area contributed by atoms with Crippen LogP contribution < -0.4 is 15.6 Å². The maximum atomic E-state index is 13.9. The first-order valence-corrected chi connectivity index (χ1v) is 16.1. The lowest BCUT2D eigenvalue weighted by Gasteiger charge is -2.33. The Balaban J connectivity index is 1.64. The molecule has 1 aliphatic rings. The second kappa shape index (κ2) is 13.5. The van der Waals surface area contributed by atoms with Crippen molar-refractivity contribution in [1.82, 2.24) is 19.8 Å². The van der Waals surface area contributed by atoms with Gasteiger partial charge in [-0.25, -0.2) is 18.4 Å². The molecule has 0 aliphatic heterocycles. The van der Waals surface area contributed by atoms with E-state index in [1.807, 2.05) is 26.8 Å². The third-order valence-corrected chi connectivity index (χ3v) is 9.27. The minimum absolute atomic E-state index is 0.0456. The van der Waals surface area contributed by atoms with Crippen LogP contribution in [-0.2, 0) is 10.0 Å². The van der Waals surface area contributed by atoms with E-state index in [1.165, 1.54) is 30.3 Å². The maximum Gasteiger partial charge on any atom is 0.263 e. The van der Waals surface area contributed by atoms with E-state index in [1.54, 1.807) is 23.6 Å². The Hall–Kier alpha value is -4.34. The zero-order valence-electron chi connectivity index (χ0n) is 26.1. The monoisotopic (exact) mass is 616 g/mol. The Labute approximate surface area is 259 Å². The highest BCUT2D eigenvalue weighted by Gasteiger charge is 2.24. The number of aromatic nitrogens is 2. The van der Waals surface area contributed by atoms with Crippen molar-refractivity contribution in [2.45, 2.75) is 76.4 Å². The normalized spacial score (nSPS) is 17.4. The first-order valence-electron chi connectivity index (χ1n) is 14.6. The number of sulfonamides is 1. The van der Waals surface area contributed by atoms with Gasteiger partial charge in [0.1, 0.15) is 11.6 Å². The Morgan fingerprint density at radius 3 is 2.41 bits per heavy atom. The minimum atomic E-state index is -3.98. The highest BCUT2D eigenvalue weighted by molar-refractivity contribution is 7.92. The van der Waals surface area contributed by atoms with Crippen molar-refractivity contribution >= 4 is 34.3 Å². The van der Waals surface area contributed by atoms with Crippen molar-refractivity contribution in [2.24, 2.45) is 9.98 Å². The zero-order valence-corrected chi connectivity index (χ0v) is 26.9. The van der Waals surface area contributed by atoms with Crippen LogP contribution >= 0.6 is 0 Å². The van der Waals surface area contributed by atoms with Crippen LogP contribution in [0, 0.1) is 25.2 Å². The van der Waals surface area contributed by atoms with Gasteiger partial charge in [0.25, 0.3) is 15.6 Å². The Kier molecular flexibility index (Phi) is 10.0. The van der Waals surface area contributed by atoms with Crippen LogP contribution in [0.1, 0.15) is 62.4 Å². The number of aliphatic imine (C=N–C) groups is 2. The lowest BCUT2D eigenvalue weighted by Crippen LogP contribution is -2.41. The van der Waals surface area contributed by atoms with Gasteiger partial charge in [-0.05, 0) is 116 Å². The molecule has 0 unspecified atom stereocenters. The summed E-state index contributed by atoms with van der Waals surface area (Å²) in [5.41, 5.74) is 2.24. The van der Waals surface area contributed by atoms with E-state index in [0.29, 0.717) is 34.6 Å². The van der Waals surface area contributed by atoms with Gasteiger partial charge in [-0.1, -0.05) is 6.07 Å². The summed E-state index contributed by atoms with van der Waals surface area (Å²) in [6.45, 7) is 11.2. The first kappa shape index (κ1) is 32.6. The van der Waals surface area contributed by atoms with E-state index >= 15 is 0 Å². The van der Waals surface area contributed by atoms with Gasteiger partial charge in [0, 0.05) is 34.9 Å². The number of guanidine groups is 1. The van der Waals surface area contributed by atoms with Crippen molar-refractivity contribution in [3.8, 4) is 17.2 Å². The number of nitrogens with zero attached hydrogens (tertiary/aromatic N) is 6. The Morgan fingerprint density at radius 1 is 1.11 bits per heavy atom. The number of hydrogen-bond donors (Lipinski definition) is 2. The van der Waals surface area contributed by atoms with E-state index in [9.17, 15) is 13.2 Å². The Bertz CT molecular complexity index is 1780. The number of nitriles is 1. The fourth-order valence-electron chi connectivity index (χ4n) is 5.54. The van der Waals surface area contributed by atoms with Gasteiger partial charge in [0.05, 0.1) is 16.5 Å². The third kappa shape index (κ3) is 7.23. The molecule has 232 valence electrons. The van der Waals surface area contributed by atoms with Gasteiger partial charge in [-0.3, -0.25) is 14.1 Å². The maximum absolute atomic E-state index is 13.9. The highest BCUT2D eigenvalue weighted by atomic mass is 32.2. The average molecular weight is 617 g/mol. The van der Waals surface area contributed by atoms with Gasteiger partial charge in [0.2, 0.25) is 5.96 Å². The molecule has 1 saturated carbocycles. The van der Waals surface area contributed by atoms with Crippen molar-refractivity contribution in [1.29, 1.82) is 5.26 Å². The zero-order chi connectivity index (χ0) is 32.2. The van der Waals surface area contributed by atoms with Gasteiger partial charge in [0.15, 0.2) is 0 Å². The van der Waals surface area contributed by atoms with Crippen LogP contribution in [0.25, 0.3) is 11.1 Å². The van der Waals surface area contributed by atoms with Crippen LogP contribution in [0.15, 0.2) is 62.1 Å². The van der Waals surface area contributed by atoms with E-state index < -0.39 is 10.0 Å². The van der Waals surface area contributed by atoms with Crippen LogP contribution in [0.4, 0.5) is 11.6 Å². The molecule has 4 rings (SSSR count). The summed E-state index contributed by atoms with van der Waals surface area (Å²) in [6, 6.07) is 13.2. The molecule has 44 heavy (non-hydrogen) atoms. The molecule has 1 fully saturated rings. The third-order valence-electron chi connectivity index (χ3n) is 7.92. The smallest absolute Gasteiger partial charge is 0.263 e. The quantitative estimate of drug-likeness (QED) is 0.270. The summed E-state index contributed by atoms with van der Waals surface area (Å²) in [7, 11) is 0.246. The molecule has 0 atom stereocenters. The molecule has 0 saturated heterocycles. The lowest BCUT2D eigenvalue weighted by atomic mass is 9.90. The second-order valence-electron chi connectivity index (χ2n) is 11.6.